The third-order valence-corrected chi connectivity index (χ3v) is 3.27. The molecule has 8 heteroatoms. The maximum atomic E-state index is 10.6. The van der Waals surface area contributed by atoms with Crippen LogP contribution in [-0.2, 0) is 17.7 Å². The fraction of sp³-hybridized carbons (Fsp3) is 0.300. The first-order valence-corrected chi connectivity index (χ1v) is 6.66. The average Bonchev–Trinajstić information content (AvgIpc) is 2.76. The van der Waals surface area contributed by atoms with E-state index in [0.717, 1.165) is 5.56 Å². The van der Waals surface area contributed by atoms with Crippen molar-refractivity contribution in [3.8, 4) is 11.4 Å². The van der Waals surface area contributed by atoms with Gasteiger partial charge in [0.1, 0.15) is 12.5 Å². The molecule has 2 rings (SSSR count). The molecule has 0 saturated heterocycles. The number of hydrogen-bond acceptors (Lipinski definition) is 5. The van der Waals surface area contributed by atoms with Gasteiger partial charge in [-0.3, -0.25) is 9.48 Å². The molecule has 0 saturated carbocycles. The smallest absolute Gasteiger partial charge is 0.231 e. The molecule has 0 unspecified atom stereocenters. The Morgan fingerprint density at radius 1 is 1.61 bits per heavy atom. The molecule has 6 nitrogen and oxygen atoms in total. The van der Waals surface area contributed by atoms with Crippen LogP contribution in [0.2, 0.25) is 0 Å². The molecule has 2 aromatic rings. The van der Waals surface area contributed by atoms with Crippen LogP contribution in [0, 0.1) is 0 Å². The molecule has 0 aliphatic carbocycles. The molecule has 0 amide bonds. The maximum Gasteiger partial charge on any atom is 0.231 e. The highest BCUT2D eigenvalue weighted by molar-refractivity contribution is 7.99. The average molecular weight is 285 g/mol. The van der Waals surface area contributed by atoms with Gasteiger partial charge in [0.25, 0.3) is 0 Å². The Morgan fingerprint density at radius 2 is 2.44 bits per heavy atom. The second-order valence-corrected chi connectivity index (χ2v) is 4.91. The Labute approximate surface area is 113 Å². The van der Waals surface area contributed by atoms with E-state index in [2.05, 4.69) is 15.2 Å². The van der Waals surface area contributed by atoms with Crippen LogP contribution >= 0.6 is 23.4 Å². The molecule has 2 heterocycles. The Balaban J connectivity index is 1.99. The van der Waals surface area contributed by atoms with E-state index in [0.29, 0.717) is 11.7 Å². The number of aryl methyl sites for hydroxylation is 1. The molecule has 0 bridgehead atoms. The molecule has 0 atom stereocenters. The lowest BCUT2D eigenvalue weighted by atomic mass is 10.3. The Kier molecular flexibility index (Phi) is 4.27. The van der Waals surface area contributed by atoms with Crippen molar-refractivity contribution in [1.29, 1.82) is 0 Å². The summed E-state index contributed by atoms with van der Waals surface area (Å²) in [7, 11) is 1.81. The topological polar surface area (TPSA) is 64.5 Å². The van der Waals surface area contributed by atoms with Crippen LogP contribution in [0.25, 0.3) is 11.4 Å². The van der Waals surface area contributed by atoms with E-state index >= 15 is 0 Å². The first-order chi connectivity index (χ1) is 8.65. The Bertz CT molecular complexity index is 541. The predicted octanol–water partition coefficient (Wildman–Crippen LogP) is 0.621. The Hall–Kier alpha value is -1.47. The SMILES string of the molecule is Cn1cnc(-c2cc[n+](CSCC(=O)Cl)nc2)n1. The highest BCUT2D eigenvalue weighted by Gasteiger charge is 2.08. The van der Waals surface area contributed by atoms with Gasteiger partial charge in [-0.15, -0.1) is 0 Å². The minimum absolute atomic E-state index is 0.278. The zero-order valence-corrected chi connectivity index (χ0v) is 11.2. The predicted molar refractivity (Wildman–Crippen MR) is 67.7 cm³/mol. The number of rotatable bonds is 5. The minimum atomic E-state index is -0.352. The molecule has 0 aromatic carbocycles. The standard InChI is InChI=1S/C10H11ClN5OS/c1-15-6-12-10(14-15)8-2-3-16(13-4-8)7-18-5-9(11)17/h2-4,6H,5,7H2,1H3/q+1. The third-order valence-electron chi connectivity index (χ3n) is 2.07. The molecule has 0 aliphatic rings. The Morgan fingerprint density at radius 3 is 3.00 bits per heavy atom. The molecule has 2 aromatic heterocycles. The number of thioether (sulfide) groups is 1. The minimum Gasteiger partial charge on any atom is -0.280 e. The third kappa shape index (κ3) is 3.51. The van der Waals surface area contributed by atoms with Crippen LogP contribution in [0.15, 0.2) is 24.8 Å². The summed E-state index contributed by atoms with van der Waals surface area (Å²) >= 11 is 6.65. The summed E-state index contributed by atoms with van der Waals surface area (Å²) < 4.78 is 3.36. The first kappa shape index (κ1) is 13.0. The number of nitrogens with zero attached hydrogens (tertiary/aromatic N) is 5. The lowest BCUT2D eigenvalue weighted by Gasteiger charge is -1.94. The summed E-state index contributed by atoms with van der Waals surface area (Å²) in [6, 6.07) is 1.88. The maximum absolute atomic E-state index is 10.6. The highest BCUT2D eigenvalue weighted by Crippen LogP contribution is 2.10. The highest BCUT2D eigenvalue weighted by atomic mass is 35.5. The second kappa shape index (κ2) is 5.92. The number of carbonyl (C=O) groups is 1. The normalized spacial score (nSPS) is 10.6. The molecule has 0 N–H and O–H groups in total. The fourth-order valence-electron chi connectivity index (χ4n) is 1.28. The molecule has 0 radical (unpaired) electrons. The van der Waals surface area contributed by atoms with Crippen molar-refractivity contribution in [1.82, 2.24) is 19.9 Å². The molecule has 94 valence electrons. The second-order valence-electron chi connectivity index (χ2n) is 3.53. The number of halogens is 1. The van der Waals surface area contributed by atoms with Crippen molar-refractivity contribution in [2.75, 3.05) is 5.75 Å². The van der Waals surface area contributed by atoms with Crippen molar-refractivity contribution in [2.45, 2.75) is 5.88 Å². The zero-order chi connectivity index (χ0) is 13.0. The van der Waals surface area contributed by atoms with E-state index < -0.39 is 0 Å². The van der Waals surface area contributed by atoms with Crippen LogP contribution in [0.1, 0.15) is 0 Å². The van der Waals surface area contributed by atoms with E-state index in [4.69, 9.17) is 11.6 Å². The van der Waals surface area contributed by atoms with Gasteiger partial charge in [-0.2, -0.15) is 5.10 Å². The summed E-state index contributed by atoms with van der Waals surface area (Å²) in [5, 5.41) is 8.05. The van der Waals surface area contributed by atoms with E-state index in [1.165, 1.54) is 11.8 Å². The van der Waals surface area contributed by atoms with Gasteiger partial charge in [-0.05, 0) is 16.7 Å². The molecule has 0 aliphatic heterocycles. The number of aromatic nitrogens is 5. The van der Waals surface area contributed by atoms with Crippen LogP contribution in [0.4, 0.5) is 0 Å². The molecule has 18 heavy (non-hydrogen) atoms. The van der Waals surface area contributed by atoms with Gasteiger partial charge in [0, 0.05) is 13.1 Å². The van der Waals surface area contributed by atoms with Crippen LogP contribution in [0.5, 0.6) is 0 Å². The van der Waals surface area contributed by atoms with Gasteiger partial charge in [0.15, 0.2) is 12.0 Å². The number of carbonyl (C=O) groups excluding carboxylic acids is 1. The van der Waals surface area contributed by atoms with E-state index in [1.54, 1.807) is 21.9 Å². The van der Waals surface area contributed by atoms with Gasteiger partial charge in [-0.1, -0.05) is 16.4 Å². The van der Waals surface area contributed by atoms with Gasteiger partial charge in [0.05, 0.1) is 11.3 Å². The monoisotopic (exact) mass is 284 g/mol. The lowest BCUT2D eigenvalue weighted by Crippen LogP contribution is -2.36. The van der Waals surface area contributed by atoms with Crippen LogP contribution in [-0.4, -0.2) is 30.9 Å². The van der Waals surface area contributed by atoms with Gasteiger partial charge in [-0.25, -0.2) is 4.98 Å². The van der Waals surface area contributed by atoms with Crippen LogP contribution in [0.3, 0.4) is 0 Å². The van der Waals surface area contributed by atoms with Gasteiger partial charge < -0.3 is 0 Å². The van der Waals surface area contributed by atoms with Crippen molar-refractivity contribution in [2.24, 2.45) is 7.05 Å². The summed E-state index contributed by atoms with van der Waals surface area (Å²) in [5.74, 6) is 1.49. The van der Waals surface area contributed by atoms with Crippen molar-refractivity contribution >= 4 is 28.6 Å². The van der Waals surface area contributed by atoms with Crippen molar-refractivity contribution in [3.63, 3.8) is 0 Å². The summed E-state index contributed by atoms with van der Waals surface area (Å²) in [5.41, 5.74) is 0.852. The number of hydrogen-bond donors (Lipinski definition) is 0. The summed E-state index contributed by atoms with van der Waals surface area (Å²) in [6.45, 7) is 0. The molecule has 0 fully saturated rings. The zero-order valence-electron chi connectivity index (χ0n) is 9.65. The summed E-state index contributed by atoms with van der Waals surface area (Å²) in [6.07, 6.45) is 5.15. The summed E-state index contributed by atoms with van der Waals surface area (Å²) in [4.78, 5) is 14.7. The fourth-order valence-corrected chi connectivity index (χ4v) is 2.11. The molecular formula is C10H11ClN5OS+. The van der Waals surface area contributed by atoms with Gasteiger partial charge >= 0.3 is 0 Å². The van der Waals surface area contributed by atoms with Crippen molar-refractivity contribution < 1.29 is 9.48 Å². The molecular weight excluding hydrogens is 274 g/mol. The van der Waals surface area contributed by atoms with Gasteiger partial charge in [0.2, 0.25) is 11.1 Å². The first-order valence-electron chi connectivity index (χ1n) is 5.13. The van der Waals surface area contributed by atoms with Crippen LogP contribution < -0.4 is 4.68 Å². The van der Waals surface area contributed by atoms with E-state index in [9.17, 15) is 4.79 Å². The van der Waals surface area contributed by atoms with E-state index in [1.807, 2.05) is 19.3 Å². The largest absolute Gasteiger partial charge is 0.280 e. The lowest BCUT2D eigenvalue weighted by molar-refractivity contribution is -0.734. The van der Waals surface area contributed by atoms with E-state index in [-0.39, 0.29) is 11.0 Å². The molecule has 0 spiro atoms. The van der Waals surface area contributed by atoms with Crippen molar-refractivity contribution in [3.05, 3.63) is 24.8 Å². The quantitative estimate of drug-likeness (QED) is 0.595.